The lowest BCUT2D eigenvalue weighted by molar-refractivity contribution is 0.102. The number of carbonyl (C=O) groups excluding carboxylic acids is 1. The predicted molar refractivity (Wildman–Crippen MR) is 104 cm³/mol. The van der Waals surface area contributed by atoms with Crippen LogP contribution in [0.2, 0.25) is 0 Å². The number of nitrogens with one attached hydrogen (secondary N) is 1. The molecule has 6 heteroatoms. The molecule has 0 radical (unpaired) electrons. The zero-order chi connectivity index (χ0) is 19.1. The molecule has 0 spiro atoms. The standard InChI is InChI=1S/C21H26FN3O2/c22-19-5-4-6-20(18(19)15-23)24-21(26)16-7-9-17(10-8-16)27-14-13-25-11-2-1-3-12-25/h4-10H,1-3,11-15,23H2,(H,24,26). The van der Waals surface area contributed by atoms with Gasteiger partial charge in [0.1, 0.15) is 18.2 Å². The minimum Gasteiger partial charge on any atom is -0.492 e. The van der Waals surface area contributed by atoms with Crippen LogP contribution in [-0.2, 0) is 6.54 Å². The number of nitrogens with zero attached hydrogens (tertiary/aromatic N) is 1. The van der Waals surface area contributed by atoms with Crippen LogP contribution >= 0.6 is 0 Å². The molecule has 5 nitrogen and oxygen atoms in total. The molecule has 0 aromatic heterocycles. The van der Waals surface area contributed by atoms with E-state index in [2.05, 4.69) is 10.2 Å². The number of amides is 1. The fourth-order valence-electron chi connectivity index (χ4n) is 3.26. The summed E-state index contributed by atoms with van der Waals surface area (Å²) in [6.07, 6.45) is 3.85. The van der Waals surface area contributed by atoms with Gasteiger partial charge in [-0.15, -0.1) is 0 Å². The fourth-order valence-corrected chi connectivity index (χ4v) is 3.26. The van der Waals surface area contributed by atoms with E-state index in [1.165, 1.54) is 25.3 Å². The lowest BCUT2D eigenvalue weighted by atomic mass is 10.1. The molecule has 0 aliphatic carbocycles. The molecular formula is C21H26FN3O2. The van der Waals surface area contributed by atoms with Gasteiger partial charge in [0.2, 0.25) is 0 Å². The molecule has 2 aromatic carbocycles. The highest BCUT2D eigenvalue weighted by Gasteiger charge is 2.12. The van der Waals surface area contributed by atoms with Crippen molar-refractivity contribution in [3.05, 3.63) is 59.4 Å². The van der Waals surface area contributed by atoms with Gasteiger partial charge < -0.3 is 15.8 Å². The summed E-state index contributed by atoms with van der Waals surface area (Å²) in [5.74, 6) is -0.000109. The normalized spacial score (nSPS) is 14.7. The Morgan fingerprint density at radius 3 is 2.56 bits per heavy atom. The van der Waals surface area contributed by atoms with Crippen molar-refractivity contribution in [2.24, 2.45) is 5.73 Å². The quantitative estimate of drug-likeness (QED) is 0.783. The molecule has 0 saturated carbocycles. The lowest BCUT2D eigenvalue weighted by Gasteiger charge is -2.26. The molecule has 1 amide bonds. The summed E-state index contributed by atoms with van der Waals surface area (Å²) in [7, 11) is 0. The van der Waals surface area contributed by atoms with E-state index in [-0.39, 0.29) is 12.5 Å². The molecule has 0 unspecified atom stereocenters. The number of ether oxygens (including phenoxy) is 1. The van der Waals surface area contributed by atoms with Crippen LogP contribution in [0.25, 0.3) is 0 Å². The predicted octanol–water partition coefficient (Wildman–Crippen LogP) is 3.40. The van der Waals surface area contributed by atoms with Crippen LogP contribution in [0.15, 0.2) is 42.5 Å². The van der Waals surface area contributed by atoms with Crippen LogP contribution in [0.5, 0.6) is 5.75 Å². The molecule has 3 N–H and O–H groups in total. The van der Waals surface area contributed by atoms with Crippen molar-refractivity contribution < 1.29 is 13.9 Å². The van der Waals surface area contributed by atoms with Crippen LogP contribution in [0.3, 0.4) is 0 Å². The number of hydrogen-bond donors (Lipinski definition) is 2. The second kappa shape index (κ2) is 9.48. The Kier molecular flexibility index (Phi) is 6.79. The molecule has 1 aliphatic rings. The summed E-state index contributed by atoms with van der Waals surface area (Å²) >= 11 is 0. The number of piperidine rings is 1. The molecule has 1 heterocycles. The molecule has 2 aromatic rings. The summed E-state index contributed by atoms with van der Waals surface area (Å²) in [6, 6.07) is 11.5. The first-order valence-electron chi connectivity index (χ1n) is 9.41. The van der Waals surface area contributed by atoms with Crippen molar-refractivity contribution in [1.82, 2.24) is 4.90 Å². The molecule has 1 fully saturated rings. The van der Waals surface area contributed by atoms with E-state index in [1.54, 1.807) is 36.4 Å². The Hall–Kier alpha value is -2.44. The maximum absolute atomic E-state index is 13.8. The van der Waals surface area contributed by atoms with Crippen molar-refractivity contribution in [3.8, 4) is 5.75 Å². The summed E-state index contributed by atoms with van der Waals surface area (Å²) in [4.78, 5) is 14.8. The van der Waals surface area contributed by atoms with Gasteiger partial charge in [0.05, 0.1) is 0 Å². The van der Waals surface area contributed by atoms with Gasteiger partial charge >= 0.3 is 0 Å². The first-order valence-corrected chi connectivity index (χ1v) is 9.41. The number of hydrogen-bond acceptors (Lipinski definition) is 4. The Morgan fingerprint density at radius 2 is 1.85 bits per heavy atom. The molecule has 27 heavy (non-hydrogen) atoms. The van der Waals surface area contributed by atoms with E-state index in [4.69, 9.17) is 10.5 Å². The number of carbonyl (C=O) groups is 1. The summed E-state index contributed by atoms with van der Waals surface area (Å²) in [5.41, 5.74) is 6.74. The van der Waals surface area contributed by atoms with Crippen LogP contribution in [-0.4, -0.2) is 37.0 Å². The summed E-state index contributed by atoms with van der Waals surface area (Å²) < 4.78 is 19.5. The molecule has 1 aliphatic heterocycles. The highest BCUT2D eigenvalue weighted by Crippen LogP contribution is 2.20. The van der Waals surface area contributed by atoms with Gasteiger partial charge in [-0.25, -0.2) is 4.39 Å². The highest BCUT2D eigenvalue weighted by molar-refractivity contribution is 6.04. The van der Waals surface area contributed by atoms with Gasteiger partial charge in [-0.3, -0.25) is 9.69 Å². The topological polar surface area (TPSA) is 67.6 Å². The molecule has 0 atom stereocenters. The van der Waals surface area contributed by atoms with Gasteiger partial charge in [-0.05, 0) is 62.3 Å². The molecule has 3 rings (SSSR count). The van der Waals surface area contributed by atoms with Crippen molar-refractivity contribution in [1.29, 1.82) is 0 Å². The second-order valence-corrected chi connectivity index (χ2v) is 6.70. The highest BCUT2D eigenvalue weighted by atomic mass is 19.1. The summed E-state index contributed by atoms with van der Waals surface area (Å²) in [5, 5.41) is 2.72. The van der Waals surface area contributed by atoms with Crippen LogP contribution in [0, 0.1) is 5.82 Å². The van der Waals surface area contributed by atoms with Crippen molar-refractivity contribution in [3.63, 3.8) is 0 Å². The lowest BCUT2D eigenvalue weighted by Crippen LogP contribution is -2.33. The number of nitrogens with two attached hydrogens (primary N) is 1. The minimum absolute atomic E-state index is 0.0199. The zero-order valence-corrected chi connectivity index (χ0v) is 15.4. The largest absolute Gasteiger partial charge is 0.492 e. The second-order valence-electron chi connectivity index (χ2n) is 6.70. The third-order valence-corrected chi connectivity index (χ3v) is 4.81. The van der Waals surface area contributed by atoms with E-state index in [0.717, 1.165) is 25.4 Å². The first-order chi connectivity index (χ1) is 13.2. The van der Waals surface area contributed by atoms with Gasteiger partial charge in [0.25, 0.3) is 5.91 Å². The number of halogens is 1. The molecule has 1 saturated heterocycles. The van der Waals surface area contributed by atoms with E-state index in [1.807, 2.05) is 0 Å². The monoisotopic (exact) mass is 371 g/mol. The maximum Gasteiger partial charge on any atom is 0.255 e. The maximum atomic E-state index is 13.8. The van der Waals surface area contributed by atoms with E-state index < -0.39 is 5.82 Å². The first kappa shape index (κ1) is 19.3. The van der Waals surface area contributed by atoms with Gasteiger partial charge in [0, 0.05) is 29.9 Å². The Morgan fingerprint density at radius 1 is 1.11 bits per heavy atom. The Balaban J connectivity index is 1.53. The number of rotatable bonds is 7. The van der Waals surface area contributed by atoms with Crippen LogP contribution in [0.4, 0.5) is 10.1 Å². The van der Waals surface area contributed by atoms with Crippen molar-refractivity contribution in [2.75, 3.05) is 31.6 Å². The van der Waals surface area contributed by atoms with Gasteiger partial charge in [-0.2, -0.15) is 0 Å². The number of anilines is 1. The number of likely N-dealkylation sites (tertiary alicyclic amines) is 1. The van der Waals surface area contributed by atoms with Crippen LogP contribution in [0.1, 0.15) is 35.2 Å². The SMILES string of the molecule is NCc1c(F)cccc1NC(=O)c1ccc(OCCN2CCCCC2)cc1. The zero-order valence-electron chi connectivity index (χ0n) is 15.4. The van der Waals surface area contributed by atoms with Crippen LogP contribution < -0.4 is 15.8 Å². The van der Waals surface area contributed by atoms with E-state index in [9.17, 15) is 9.18 Å². The van der Waals surface area contributed by atoms with Crippen molar-refractivity contribution >= 4 is 11.6 Å². The van der Waals surface area contributed by atoms with Gasteiger partial charge in [-0.1, -0.05) is 12.5 Å². The fraction of sp³-hybridized carbons (Fsp3) is 0.381. The summed E-state index contributed by atoms with van der Waals surface area (Å²) in [6.45, 7) is 3.87. The smallest absolute Gasteiger partial charge is 0.255 e. The Bertz CT molecular complexity index is 759. The third-order valence-electron chi connectivity index (χ3n) is 4.81. The number of benzene rings is 2. The Labute approximate surface area is 159 Å². The average molecular weight is 371 g/mol. The third kappa shape index (κ3) is 5.28. The van der Waals surface area contributed by atoms with E-state index >= 15 is 0 Å². The van der Waals surface area contributed by atoms with Crippen molar-refractivity contribution in [2.45, 2.75) is 25.8 Å². The van der Waals surface area contributed by atoms with E-state index in [0.29, 0.717) is 23.4 Å². The molecular weight excluding hydrogens is 345 g/mol. The molecule has 144 valence electrons. The van der Waals surface area contributed by atoms with Gasteiger partial charge in [0.15, 0.2) is 0 Å². The average Bonchev–Trinajstić information content (AvgIpc) is 2.69. The minimum atomic E-state index is -0.423. The molecule has 0 bridgehead atoms.